The van der Waals surface area contributed by atoms with Gasteiger partial charge in [0.2, 0.25) is 11.1 Å². The summed E-state index contributed by atoms with van der Waals surface area (Å²) in [7, 11) is 0. The highest BCUT2D eigenvalue weighted by Crippen LogP contribution is 2.38. The van der Waals surface area contributed by atoms with Crippen LogP contribution in [0.3, 0.4) is 0 Å². The van der Waals surface area contributed by atoms with Crippen LogP contribution in [0.15, 0.2) is 47.5 Å². The van der Waals surface area contributed by atoms with Gasteiger partial charge in [0, 0.05) is 12.1 Å². The van der Waals surface area contributed by atoms with Gasteiger partial charge in [-0.05, 0) is 52.7 Å². The minimum absolute atomic E-state index is 0.158. The summed E-state index contributed by atoms with van der Waals surface area (Å²) in [4.78, 5) is 33.8. The van der Waals surface area contributed by atoms with Crippen molar-refractivity contribution in [3.63, 3.8) is 0 Å². The molecule has 0 radical (unpaired) electrons. The van der Waals surface area contributed by atoms with E-state index >= 15 is 0 Å². The first-order chi connectivity index (χ1) is 14.5. The number of hydrogen-bond acceptors (Lipinski definition) is 6. The molecule has 2 amide bonds. The van der Waals surface area contributed by atoms with Crippen LogP contribution in [0.4, 0.5) is 9.18 Å². The summed E-state index contributed by atoms with van der Waals surface area (Å²) in [6.07, 6.45) is 3.18. The minimum Gasteiger partial charge on any atom is -0.436 e. The van der Waals surface area contributed by atoms with Gasteiger partial charge < -0.3 is 4.74 Å². The van der Waals surface area contributed by atoms with Gasteiger partial charge in [0.1, 0.15) is 5.75 Å². The molecule has 152 valence electrons. The second-order valence-corrected chi connectivity index (χ2v) is 7.76. The van der Waals surface area contributed by atoms with Crippen LogP contribution in [0.2, 0.25) is 5.28 Å². The Balaban J connectivity index is 1.83. The number of imide groups is 1. The predicted octanol–water partition coefficient (Wildman–Crippen LogP) is 5.66. The fourth-order valence-electron chi connectivity index (χ4n) is 3.07. The average Bonchev–Trinajstić information content (AvgIpc) is 3.00. The Bertz CT molecular complexity index is 1200. The van der Waals surface area contributed by atoms with Gasteiger partial charge in [0.05, 0.1) is 11.1 Å². The number of fused-ring (bicyclic) bond motifs is 1. The molecule has 1 saturated heterocycles. The lowest BCUT2D eigenvalue weighted by Gasteiger charge is -2.12. The van der Waals surface area contributed by atoms with Crippen LogP contribution in [0.25, 0.3) is 16.8 Å². The number of carbonyl (C=O) groups excluding carboxylic acids is 2. The third-order valence-corrected chi connectivity index (χ3v) is 5.51. The van der Waals surface area contributed by atoms with Crippen LogP contribution < -0.4 is 4.74 Å². The van der Waals surface area contributed by atoms with Crippen LogP contribution in [0.1, 0.15) is 18.9 Å². The Morgan fingerprint density at radius 2 is 2.03 bits per heavy atom. The van der Waals surface area contributed by atoms with E-state index in [0.717, 1.165) is 28.7 Å². The molecule has 0 unspecified atom stereocenters. The highest BCUT2D eigenvalue weighted by atomic mass is 35.5. The van der Waals surface area contributed by atoms with Gasteiger partial charge in [0.15, 0.2) is 0 Å². The molecule has 4 rings (SSSR count). The number of nitrogens with zero attached hydrogens (tertiary/aromatic N) is 3. The topological polar surface area (TPSA) is 72.4 Å². The standard InChI is InChI=1S/C21H15ClFN3O3S/c1-2-9-26-19(27)17(30-21(26)28)10-14-13-6-4-3-5-12(13)7-8-16(14)29-18-15(23)11-24-20(22)25-18/h3-8,10-11H,2,9H2,1H3/b17-10+. The molecule has 1 aliphatic heterocycles. The second kappa shape index (κ2) is 8.41. The summed E-state index contributed by atoms with van der Waals surface area (Å²) in [5.74, 6) is -1.20. The Morgan fingerprint density at radius 1 is 1.23 bits per heavy atom. The SMILES string of the molecule is CCCN1C(=O)S/C(=C/c2c(Oc3nc(Cl)ncc3F)ccc3ccccc23)C1=O. The maximum absolute atomic E-state index is 14.1. The quantitative estimate of drug-likeness (QED) is 0.374. The highest BCUT2D eigenvalue weighted by molar-refractivity contribution is 8.18. The number of carbonyl (C=O) groups is 2. The minimum atomic E-state index is -0.776. The van der Waals surface area contributed by atoms with E-state index in [1.807, 2.05) is 37.3 Å². The molecule has 9 heteroatoms. The highest BCUT2D eigenvalue weighted by Gasteiger charge is 2.34. The molecule has 3 aromatic rings. The van der Waals surface area contributed by atoms with Crippen LogP contribution in [-0.4, -0.2) is 32.6 Å². The lowest BCUT2D eigenvalue weighted by atomic mass is 10.0. The Hall–Kier alpha value is -2.97. The number of aromatic nitrogens is 2. The van der Waals surface area contributed by atoms with Crippen LogP contribution >= 0.6 is 23.4 Å². The van der Waals surface area contributed by atoms with Crippen molar-refractivity contribution in [1.29, 1.82) is 0 Å². The summed E-state index contributed by atoms with van der Waals surface area (Å²) in [6, 6.07) is 10.9. The largest absolute Gasteiger partial charge is 0.436 e. The van der Waals surface area contributed by atoms with E-state index in [2.05, 4.69) is 9.97 Å². The van der Waals surface area contributed by atoms with Crippen molar-refractivity contribution in [3.8, 4) is 11.6 Å². The van der Waals surface area contributed by atoms with E-state index in [-0.39, 0.29) is 33.0 Å². The zero-order valence-corrected chi connectivity index (χ0v) is 17.3. The molecule has 0 aliphatic carbocycles. The molecule has 2 aromatic carbocycles. The number of benzene rings is 2. The van der Waals surface area contributed by atoms with E-state index in [1.54, 1.807) is 12.1 Å². The van der Waals surface area contributed by atoms with Gasteiger partial charge in [-0.2, -0.15) is 9.37 Å². The first kappa shape index (κ1) is 20.3. The van der Waals surface area contributed by atoms with E-state index in [4.69, 9.17) is 16.3 Å². The molecule has 1 fully saturated rings. The molecule has 0 saturated carbocycles. The lowest BCUT2D eigenvalue weighted by Crippen LogP contribution is -2.28. The Kier molecular flexibility index (Phi) is 5.69. The van der Waals surface area contributed by atoms with E-state index in [0.29, 0.717) is 18.5 Å². The van der Waals surface area contributed by atoms with E-state index in [9.17, 15) is 14.0 Å². The molecular formula is C21H15ClFN3O3S. The second-order valence-electron chi connectivity index (χ2n) is 6.43. The number of rotatable bonds is 5. The van der Waals surface area contributed by atoms with E-state index < -0.39 is 5.82 Å². The fraction of sp³-hybridized carbons (Fsp3) is 0.143. The molecule has 0 bridgehead atoms. The zero-order valence-electron chi connectivity index (χ0n) is 15.8. The summed E-state index contributed by atoms with van der Waals surface area (Å²) >= 11 is 6.63. The van der Waals surface area contributed by atoms with Gasteiger partial charge in [-0.15, -0.1) is 0 Å². The smallest absolute Gasteiger partial charge is 0.293 e. The number of amides is 2. The summed E-state index contributed by atoms with van der Waals surface area (Å²) in [5.41, 5.74) is 0.532. The van der Waals surface area contributed by atoms with Gasteiger partial charge in [-0.1, -0.05) is 37.3 Å². The van der Waals surface area contributed by atoms with Gasteiger partial charge >= 0.3 is 0 Å². The average molecular weight is 444 g/mol. The predicted molar refractivity (Wildman–Crippen MR) is 114 cm³/mol. The molecule has 0 atom stereocenters. The maximum atomic E-state index is 14.1. The molecular weight excluding hydrogens is 429 g/mol. The Morgan fingerprint density at radius 3 is 2.83 bits per heavy atom. The van der Waals surface area contributed by atoms with Crippen molar-refractivity contribution >= 4 is 51.4 Å². The lowest BCUT2D eigenvalue weighted by molar-refractivity contribution is -0.122. The molecule has 1 aliphatic rings. The van der Waals surface area contributed by atoms with Gasteiger partial charge in [0.25, 0.3) is 17.0 Å². The third kappa shape index (κ3) is 3.88. The van der Waals surface area contributed by atoms with Crippen LogP contribution in [0.5, 0.6) is 11.6 Å². The number of ether oxygens (including phenoxy) is 1. The number of thioether (sulfide) groups is 1. The van der Waals surface area contributed by atoms with Crippen molar-refractivity contribution in [2.75, 3.05) is 6.54 Å². The van der Waals surface area contributed by atoms with Gasteiger partial charge in [-0.25, -0.2) is 4.98 Å². The number of hydrogen-bond donors (Lipinski definition) is 0. The first-order valence-corrected chi connectivity index (χ1v) is 10.3. The summed E-state index contributed by atoms with van der Waals surface area (Å²) in [5, 5.41) is 1.20. The zero-order chi connectivity index (χ0) is 21.3. The number of halogens is 2. The molecule has 1 aromatic heterocycles. The molecule has 2 heterocycles. The van der Waals surface area contributed by atoms with Crippen LogP contribution in [0, 0.1) is 5.82 Å². The molecule has 30 heavy (non-hydrogen) atoms. The molecule has 0 spiro atoms. The summed E-state index contributed by atoms with van der Waals surface area (Å²) < 4.78 is 19.8. The monoisotopic (exact) mass is 443 g/mol. The first-order valence-electron chi connectivity index (χ1n) is 9.11. The third-order valence-electron chi connectivity index (χ3n) is 4.42. The van der Waals surface area contributed by atoms with Crippen molar-refractivity contribution < 1.29 is 18.7 Å². The van der Waals surface area contributed by atoms with Crippen molar-refractivity contribution in [1.82, 2.24) is 14.9 Å². The van der Waals surface area contributed by atoms with Crippen molar-refractivity contribution in [2.45, 2.75) is 13.3 Å². The van der Waals surface area contributed by atoms with Crippen molar-refractivity contribution in [2.24, 2.45) is 0 Å². The summed E-state index contributed by atoms with van der Waals surface area (Å²) in [6.45, 7) is 2.25. The van der Waals surface area contributed by atoms with Crippen LogP contribution in [-0.2, 0) is 4.79 Å². The maximum Gasteiger partial charge on any atom is 0.293 e. The van der Waals surface area contributed by atoms with Crippen molar-refractivity contribution in [3.05, 3.63) is 64.2 Å². The Labute approximate surface area is 180 Å². The molecule has 0 N–H and O–H groups in total. The fourth-order valence-corrected chi connectivity index (χ4v) is 4.04. The molecule has 6 nitrogen and oxygen atoms in total. The van der Waals surface area contributed by atoms with E-state index in [1.165, 1.54) is 4.90 Å². The normalized spacial score (nSPS) is 15.4. The van der Waals surface area contributed by atoms with Gasteiger partial charge in [-0.3, -0.25) is 14.5 Å².